The molecule has 2 aromatic rings. The highest BCUT2D eigenvalue weighted by Crippen LogP contribution is 2.36. The van der Waals surface area contributed by atoms with Crippen molar-refractivity contribution in [2.75, 3.05) is 26.2 Å². The van der Waals surface area contributed by atoms with E-state index in [9.17, 15) is 13.9 Å². The monoisotopic (exact) mass is 306 g/mol. The van der Waals surface area contributed by atoms with Crippen molar-refractivity contribution in [2.24, 2.45) is 0 Å². The number of piperazine rings is 1. The summed E-state index contributed by atoms with van der Waals surface area (Å²) in [6.07, 6.45) is -2.54. The fourth-order valence-electron chi connectivity index (χ4n) is 3.23. The van der Waals surface area contributed by atoms with E-state index in [4.69, 9.17) is 0 Å². The number of phenolic OH excluding ortho intramolecular Hbond substituents is 1. The molecule has 1 saturated heterocycles. The lowest BCUT2D eigenvalue weighted by molar-refractivity contribution is 0.0744. The number of nitrogens with one attached hydrogen (secondary N) is 1. The molecule has 3 nitrogen and oxygen atoms in total. The number of hydrogen-bond donors (Lipinski definition) is 2. The van der Waals surface area contributed by atoms with Gasteiger partial charge in [0.2, 0.25) is 6.43 Å². The molecule has 0 unspecified atom stereocenters. The Morgan fingerprint density at radius 1 is 1.05 bits per heavy atom. The van der Waals surface area contributed by atoms with Crippen LogP contribution < -0.4 is 5.32 Å². The van der Waals surface area contributed by atoms with Gasteiger partial charge in [0.1, 0.15) is 5.75 Å². The molecular weight excluding hydrogens is 286 g/mol. The predicted octanol–water partition coefficient (Wildman–Crippen LogP) is 3.15. The Balaban J connectivity index is 2.05. The number of aromatic hydroxyl groups is 1. The second kappa shape index (κ2) is 6.58. The van der Waals surface area contributed by atoms with Crippen molar-refractivity contribution in [3.05, 3.63) is 42.0 Å². The third kappa shape index (κ3) is 3.05. The Kier molecular flexibility index (Phi) is 4.55. The van der Waals surface area contributed by atoms with E-state index in [2.05, 4.69) is 10.2 Å². The van der Waals surface area contributed by atoms with E-state index in [0.717, 1.165) is 42.5 Å². The van der Waals surface area contributed by atoms with Crippen LogP contribution in [0.25, 0.3) is 10.8 Å². The van der Waals surface area contributed by atoms with E-state index in [-0.39, 0.29) is 18.2 Å². The first-order valence-corrected chi connectivity index (χ1v) is 7.60. The maximum atomic E-state index is 13.1. The van der Waals surface area contributed by atoms with Crippen molar-refractivity contribution >= 4 is 10.8 Å². The van der Waals surface area contributed by atoms with Crippen LogP contribution in [-0.2, 0) is 0 Å². The molecule has 0 aliphatic carbocycles. The minimum atomic E-state index is -2.35. The molecule has 2 N–H and O–H groups in total. The van der Waals surface area contributed by atoms with E-state index >= 15 is 0 Å². The van der Waals surface area contributed by atoms with Gasteiger partial charge in [0.25, 0.3) is 0 Å². The zero-order valence-corrected chi connectivity index (χ0v) is 12.3. The van der Waals surface area contributed by atoms with Crippen molar-refractivity contribution < 1.29 is 13.9 Å². The van der Waals surface area contributed by atoms with Gasteiger partial charge in [-0.3, -0.25) is 4.90 Å². The average Bonchev–Trinajstić information content (AvgIpc) is 2.54. The van der Waals surface area contributed by atoms with Gasteiger partial charge in [-0.1, -0.05) is 30.3 Å². The molecule has 0 saturated carbocycles. The Morgan fingerprint density at radius 2 is 1.73 bits per heavy atom. The van der Waals surface area contributed by atoms with E-state index in [0.29, 0.717) is 0 Å². The lowest BCUT2D eigenvalue weighted by atomic mass is 9.94. The maximum Gasteiger partial charge on any atom is 0.240 e. The molecule has 1 aliphatic heterocycles. The summed E-state index contributed by atoms with van der Waals surface area (Å²) in [5.74, 6) is 0.190. The normalized spacial score (nSPS) is 18.0. The summed E-state index contributed by atoms with van der Waals surface area (Å²) < 4.78 is 26.2. The fourth-order valence-corrected chi connectivity index (χ4v) is 3.23. The molecule has 118 valence electrons. The molecular formula is C17H20F2N2O. The number of fused-ring (bicyclic) bond motifs is 1. The summed E-state index contributed by atoms with van der Waals surface area (Å²) >= 11 is 0. The van der Waals surface area contributed by atoms with Crippen LogP contribution in [0.2, 0.25) is 0 Å². The fraction of sp³-hybridized carbons (Fsp3) is 0.412. The maximum absolute atomic E-state index is 13.1. The van der Waals surface area contributed by atoms with E-state index in [1.165, 1.54) is 0 Å². The smallest absolute Gasteiger partial charge is 0.240 e. The third-order valence-corrected chi connectivity index (χ3v) is 4.29. The number of phenols is 1. The largest absolute Gasteiger partial charge is 0.507 e. The topological polar surface area (TPSA) is 35.5 Å². The second-order valence-electron chi connectivity index (χ2n) is 5.65. The zero-order valence-electron chi connectivity index (χ0n) is 12.3. The van der Waals surface area contributed by atoms with Crippen LogP contribution in [0, 0.1) is 0 Å². The van der Waals surface area contributed by atoms with E-state index in [1.807, 2.05) is 24.3 Å². The molecule has 1 atom stereocenters. The van der Waals surface area contributed by atoms with Crippen LogP contribution >= 0.6 is 0 Å². The van der Waals surface area contributed by atoms with Gasteiger partial charge in [-0.05, 0) is 17.0 Å². The molecule has 0 spiro atoms. The first kappa shape index (κ1) is 15.2. The van der Waals surface area contributed by atoms with Gasteiger partial charge < -0.3 is 10.4 Å². The molecule has 0 radical (unpaired) electrons. The van der Waals surface area contributed by atoms with Gasteiger partial charge >= 0.3 is 0 Å². The van der Waals surface area contributed by atoms with Crippen LogP contribution in [-0.4, -0.2) is 42.6 Å². The van der Waals surface area contributed by atoms with Crippen LogP contribution in [0.1, 0.15) is 18.0 Å². The van der Waals surface area contributed by atoms with Gasteiger partial charge in [-0.25, -0.2) is 8.78 Å². The summed E-state index contributed by atoms with van der Waals surface area (Å²) in [7, 11) is 0. The van der Waals surface area contributed by atoms with Crippen LogP contribution in [0.5, 0.6) is 5.75 Å². The Hall–Kier alpha value is -1.72. The zero-order chi connectivity index (χ0) is 15.5. The third-order valence-electron chi connectivity index (χ3n) is 4.29. The standard InChI is InChI=1S/C17H20F2N2O/c18-17(19)11-15(21-9-7-20-8-10-21)13-5-6-16(22)14-4-2-1-3-12(13)14/h1-6,15,17,20,22H,7-11H2/t15-/m0/s1. The molecule has 22 heavy (non-hydrogen) atoms. The molecule has 0 aromatic heterocycles. The molecule has 3 rings (SSSR count). The summed E-state index contributed by atoms with van der Waals surface area (Å²) in [5.41, 5.74) is 0.871. The lowest BCUT2D eigenvalue weighted by Gasteiger charge is -2.35. The first-order valence-electron chi connectivity index (χ1n) is 7.60. The highest BCUT2D eigenvalue weighted by molar-refractivity contribution is 5.91. The predicted molar refractivity (Wildman–Crippen MR) is 83.4 cm³/mol. The van der Waals surface area contributed by atoms with Crippen molar-refractivity contribution in [1.82, 2.24) is 10.2 Å². The van der Waals surface area contributed by atoms with E-state index in [1.54, 1.807) is 12.1 Å². The summed E-state index contributed by atoms with van der Waals surface area (Å²) in [4.78, 5) is 2.11. The van der Waals surface area contributed by atoms with Gasteiger partial charge in [-0.15, -0.1) is 0 Å². The SMILES string of the molecule is Oc1ccc([C@H](CC(F)F)N2CCNCC2)c2ccccc12. The molecule has 2 aromatic carbocycles. The summed E-state index contributed by atoms with van der Waals surface area (Å²) in [6, 6.07) is 10.5. The minimum Gasteiger partial charge on any atom is -0.507 e. The quantitative estimate of drug-likeness (QED) is 0.911. The van der Waals surface area contributed by atoms with Crippen molar-refractivity contribution in [1.29, 1.82) is 0 Å². The van der Waals surface area contributed by atoms with Crippen molar-refractivity contribution in [3.8, 4) is 5.75 Å². The molecule has 1 fully saturated rings. The molecule has 0 bridgehead atoms. The molecule has 0 amide bonds. The highest BCUT2D eigenvalue weighted by Gasteiger charge is 2.27. The van der Waals surface area contributed by atoms with Crippen molar-refractivity contribution in [2.45, 2.75) is 18.9 Å². The Labute approximate surface area is 128 Å². The molecule has 1 aliphatic rings. The van der Waals surface area contributed by atoms with Crippen LogP contribution in [0.15, 0.2) is 36.4 Å². The molecule has 1 heterocycles. The van der Waals surface area contributed by atoms with Crippen molar-refractivity contribution in [3.63, 3.8) is 0 Å². The number of alkyl halides is 2. The number of halogens is 2. The molecule has 5 heteroatoms. The lowest BCUT2D eigenvalue weighted by Crippen LogP contribution is -2.45. The first-order chi connectivity index (χ1) is 10.7. The Morgan fingerprint density at radius 3 is 2.41 bits per heavy atom. The van der Waals surface area contributed by atoms with Crippen LogP contribution in [0.4, 0.5) is 8.78 Å². The number of hydrogen-bond acceptors (Lipinski definition) is 3. The second-order valence-corrected chi connectivity index (χ2v) is 5.65. The summed E-state index contributed by atoms with van der Waals surface area (Å²) in [5, 5.41) is 14.8. The number of rotatable bonds is 4. The summed E-state index contributed by atoms with van der Waals surface area (Å²) in [6.45, 7) is 3.14. The van der Waals surface area contributed by atoms with Gasteiger partial charge in [0, 0.05) is 44.0 Å². The van der Waals surface area contributed by atoms with Gasteiger partial charge in [-0.2, -0.15) is 0 Å². The van der Waals surface area contributed by atoms with Gasteiger partial charge in [0.05, 0.1) is 0 Å². The number of benzene rings is 2. The number of nitrogens with zero attached hydrogens (tertiary/aromatic N) is 1. The van der Waals surface area contributed by atoms with Gasteiger partial charge in [0.15, 0.2) is 0 Å². The Bertz CT molecular complexity index is 642. The van der Waals surface area contributed by atoms with E-state index < -0.39 is 6.43 Å². The minimum absolute atomic E-state index is 0.186. The highest BCUT2D eigenvalue weighted by atomic mass is 19.3. The van der Waals surface area contributed by atoms with Crippen LogP contribution in [0.3, 0.4) is 0 Å². The average molecular weight is 306 g/mol.